The van der Waals surface area contributed by atoms with Crippen molar-refractivity contribution >= 4 is 22.0 Å². The van der Waals surface area contributed by atoms with E-state index in [4.69, 9.17) is 9.15 Å². The van der Waals surface area contributed by atoms with Gasteiger partial charge in [-0.05, 0) is 50.6 Å². The molecule has 0 aliphatic rings. The van der Waals surface area contributed by atoms with E-state index < -0.39 is 21.6 Å². The van der Waals surface area contributed by atoms with Gasteiger partial charge >= 0.3 is 6.03 Å². The van der Waals surface area contributed by atoms with E-state index >= 15 is 0 Å². The monoisotopic (exact) mass is 423 g/mol. The molecule has 0 radical (unpaired) electrons. The van der Waals surface area contributed by atoms with Crippen molar-refractivity contribution in [3.8, 4) is 5.75 Å². The first kappa shape index (κ1) is 22.3. The number of hydrogen-bond donors (Lipinski definition) is 3. The highest BCUT2D eigenvalue weighted by Crippen LogP contribution is 2.26. The van der Waals surface area contributed by atoms with E-state index in [0.29, 0.717) is 11.3 Å². The molecule has 0 bridgehead atoms. The first-order valence-electron chi connectivity index (χ1n) is 8.94. The minimum absolute atomic E-state index is 0.0704. The van der Waals surface area contributed by atoms with Crippen molar-refractivity contribution in [2.75, 3.05) is 13.7 Å². The van der Waals surface area contributed by atoms with Gasteiger partial charge in [-0.25, -0.2) is 17.9 Å². The van der Waals surface area contributed by atoms with Gasteiger partial charge in [0.2, 0.25) is 5.91 Å². The fourth-order valence-corrected chi connectivity index (χ4v) is 3.80. The summed E-state index contributed by atoms with van der Waals surface area (Å²) >= 11 is 0. The normalized spacial score (nSPS) is 11.6. The van der Waals surface area contributed by atoms with Crippen molar-refractivity contribution < 1.29 is 27.2 Å². The Morgan fingerprint density at radius 3 is 2.52 bits per heavy atom. The van der Waals surface area contributed by atoms with Gasteiger partial charge in [-0.15, -0.1) is 0 Å². The number of carbonyl (C=O) groups excluding carboxylic acids is 2. The molecule has 0 saturated heterocycles. The summed E-state index contributed by atoms with van der Waals surface area (Å²) in [4.78, 5) is 23.8. The molecule has 2 aromatic rings. The zero-order chi connectivity index (χ0) is 21.7. The number of benzene rings is 1. The Labute approximate surface area is 169 Å². The van der Waals surface area contributed by atoms with Crippen molar-refractivity contribution in [1.29, 1.82) is 0 Å². The summed E-state index contributed by atoms with van der Waals surface area (Å²) < 4.78 is 37.7. The molecule has 29 heavy (non-hydrogen) atoms. The number of ether oxygens (including phenoxy) is 1. The molecule has 0 atom stereocenters. The maximum Gasteiger partial charge on any atom is 0.328 e. The highest BCUT2D eigenvalue weighted by atomic mass is 32.2. The molecule has 2 rings (SSSR count). The van der Waals surface area contributed by atoms with E-state index in [1.165, 1.54) is 25.4 Å². The minimum atomic E-state index is -4.19. The van der Waals surface area contributed by atoms with Crippen LogP contribution in [0.1, 0.15) is 32.1 Å². The van der Waals surface area contributed by atoms with E-state index in [-0.39, 0.29) is 29.6 Å². The van der Waals surface area contributed by atoms with Gasteiger partial charge in [-0.3, -0.25) is 4.79 Å². The highest BCUT2D eigenvalue weighted by molar-refractivity contribution is 7.90. The Bertz CT molecular complexity index is 968. The quantitative estimate of drug-likeness (QED) is 0.595. The molecule has 1 aromatic heterocycles. The molecule has 3 amide bonds. The second kappa shape index (κ2) is 8.99. The van der Waals surface area contributed by atoms with Gasteiger partial charge in [0.1, 0.15) is 16.4 Å². The van der Waals surface area contributed by atoms with E-state index in [1.807, 2.05) is 4.72 Å². The van der Waals surface area contributed by atoms with Crippen LogP contribution >= 0.6 is 0 Å². The van der Waals surface area contributed by atoms with Gasteiger partial charge in [0.25, 0.3) is 10.0 Å². The number of hydrogen-bond acceptors (Lipinski definition) is 6. The highest BCUT2D eigenvalue weighted by Gasteiger charge is 2.27. The number of nitrogens with one attached hydrogen (secondary N) is 3. The number of amides is 3. The van der Waals surface area contributed by atoms with Gasteiger partial charge in [-0.1, -0.05) is 6.07 Å². The molecule has 3 N–H and O–H groups in total. The van der Waals surface area contributed by atoms with Crippen LogP contribution in [0.15, 0.2) is 45.9 Å². The zero-order valence-corrected chi connectivity index (χ0v) is 17.6. The van der Waals surface area contributed by atoms with Crippen LogP contribution < -0.4 is 20.1 Å². The van der Waals surface area contributed by atoms with Gasteiger partial charge in [0, 0.05) is 7.05 Å². The largest absolute Gasteiger partial charge is 0.492 e. The Hall–Kier alpha value is -3.01. The Balaban J connectivity index is 2.25. The number of sulfonamides is 1. The summed E-state index contributed by atoms with van der Waals surface area (Å²) in [6, 6.07) is 6.98. The van der Waals surface area contributed by atoms with Crippen molar-refractivity contribution in [3.05, 3.63) is 47.9 Å². The lowest BCUT2D eigenvalue weighted by Crippen LogP contribution is -2.41. The second-order valence-corrected chi connectivity index (χ2v) is 8.38. The fraction of sp³-hybridized carbons (Fsp3) is 0.368. The maximum absolute atomic E-state index is 12.6. The van der Waals surface area contributed by atoms with Crippen molar-refractivity contribution in [1.82, 2.24) is 15.4 Å². The molecular weight excluding hydrogens is 398 g/mol. The Morgan fingerprint density at radius 2 is 1.93 bits per heavy atom. The van der Waals surface area contributed by atoms with Crippen LogP contribution in [0.4, 0.5) is 4.79 Å². The maximum atomic E-state index is 12.6. The van der Waals surface area contributed by atoms with Gasteiger partial charge in [0.05, 0.1) is 24.8 Å². The zero-order valence-electron chi connectivity index (χ0n) is 16.7. The first-order chi connectivity index (χ1) is 13.6. The van der Waals surface area contributed by atoms with E-state index in [1.54, 1.807) is 39.0 Å². The average Bonchev–Trinajstić information content (AvgIpc) is 3.18. The van der Waals surface area contributed by atoms with E-state index in [9.17, 15) is 18.0 Å². The third kappa shape index (κ3) is 5.74. The SMILES string of the molecule is CCOc1ccc(CC(=O)NC(C)(C)c2ccco2)cc1S(=O)(=O)NC(=O)NC. The number of rotatable bonds is 8. The molecule has 0 spiro atoms. The van der Waals surface area contributed by atoms with Gasteiger partial charge in [0.15, 0.2) is 0 Å². The van der Waals surface area contributed by atoms with Crippen LogP contribution in [0, 0.1) is 0 Å². The molecule has 1 heterocycles. The van der Waals surface area contributed by atoms with Crippen LogP contribution in [0.2, 0.25) is 0 Å². The molecule has 9 nitrogen and oxygen atoms in total. The lowest BCUT2D eigenvalue weighted by atomic mass is 10.0. The predicted molar refractivity (Wildman–Crippen MR) is 106 cm³/mol. The van der Waals surface area contributed by atoms with Crippen LogP contribution in [0.25, 0.3) is 0 Å². The summed E-state index contributed by atoms with van der Waals surface area (Å²) in [6.07, 6.45) is 1.45. The third-order valence-electron chi connectivity index (χ3n) is 4.01. The average molecular weight is 423 g/mol. The second-order valence-electron chi connectivity index (χ2n) is 6.73. The first-order valence-corrected chi connectivity index (χ1v) is 10.4. The van der Waals surface area contributed by atoms with Crippen LogP contribution in [0.5, 0.6) is 5.75 Å². The number of carbonyl (C=O) groups is 2. The van der Waals surface area contributed by atoms with Crippen LogP contribution in [0.3, 0.4) is 0 Å². The minimum Gasteiger partial charge on any atom is -0.492 e. The molecule has 0 aliphatic carbocycles. The molecule has 1 aromatic carbocycles. The van der Waals surface area contributed by atoms with Crippen molar-refractivity contribution in [2.45, 2.75) is 37.6 Å². The molecule has 0 unspecified atom stereocenters. The summed E-state index contributed by atoms with van der Waals surface area (Å²) in [7, 11) is -2.89. The van der Waals surface area contributed by atoms with E-state index in [0.717, 1.165) is 0 Å². The standard InChI is InChI=1S/C19H25N3O6S/c1-5-27-14-9-8-13(11-15(14)29(25,26)22-18(24)20-4)12-17(23)21-19(2,3)16-7-6-10-28-16/h6-11H,5,12H2,1-4H3,(H,21,23)(H2,20,22,24). The molecule has 0 aliphatic heterocycles. The molecule has 10 heteroatoms. The summed E-state index contributed by atoms with van der Waals surface area (Å²) in [5, 5.41) is 5.04. The molecule has 0 fully saturated rings. The predicted octanol–water partition coefficient (Wildman–Crippen LogP) is 1.89. The summed E-state index contributed by atoms with van der Waals surface area (Å²) in [5.41, 5.74) is -0.292. The van der Waals surface area contributed by atoms with E-state index in [2.05, 4.69) is 10.6 Å². The van der Waals surface area contributed by atoms with Gasteiger partial charge in [-0.2, -0.15) is 0 Å². The fourth-order valence-electron chi connectivity index (χ4n) is 2.65. The summed E-state index contributed by atoms with van der Waals surface area (Å²) in [5.74, 6) is 0.359. The lowest BCUT2D eigenvalue weighted by molar-refractivity contribution is -0.122. The molecule has 158 valence electrons. The van der Waals surface area contributed by atoms with Crippen molar-refractivity contribution in [3.63, 3.8) is 0 Å². The number of furan rings is 1. The van der Waals surface area contributed by atoms with Gasteiger partial charge < -0.3 is 19.8 Å². The Morgan fingerprint density at radius 1 is 1.21 bits per heavy atom. The third-order valence-corrected chi connectivity index (χ3v) is 5.36. The topological polar surface area (TPSA) is 127 Å². The lowest BCUT2D eigenvalue weighted by Gasteiger charge is -2.24. The van der Waals surface area contributed by atoms with Crippen LogP contribution in [-0.4, -0.2) is 34.0 Å². The number of urea groups is 1. The molecular formula is C19H25N3O6S. The van der Waals surface area contributed by atoms with Crippen LogP contribution in [-0.2, 0) is 26.8 Å². The molecule has 0 saturated carbocycles. The Kier molecular flexibility index (Phi) is 6.91. The smallest absolute Gasteiger partial charge is 0.328 e. The van der Waals surface area contributed by atoms with Crippen molar-refractivity contribution in [2.24, 2.45) is 0 Å². The summed E-state index contributed by atoms with van der Waals surface area (Å²) in [6.45, 7) is 5.54.